The van der Waals surface area contributed by atoms with Crippen molar-refractivity contribution in [1.29, 1.82) is 0 Å². The number of benzene rings is 1. The van der Waals surface area contributed by atoms with Crippen molar-refractivity contribution in [1.82, 2.24) is 4.72 Å². The zero-order valence-electron chi connectivity index (χ0n) is 10.5. The Morgan fingerprint density at radius 2 is 2.11 bits per heavy atom. The van der Waals surface area contributed by atoms with Gasteiger partial charge in [-0.2, -0.15) is 0 Å². The molecule has 0 aliphatic carbocycles. The summed E-state index contributed by atoms with van der Waals surface area (Å²) < 4.78 is 26.5. The topological polar surface area (TPSA) is 104 Å². The number of carboxylic acids is 1. The molecule has 0 radical (unpaired) electrons. The molecule has 19 heavy (non-hydrogen) atoms. The fourth-order valence-electron chi connectivity index (χ4n) is 1.59. The normalized spacial score (nSPS) is 13.2. The molecule has 1 aromatic rings. The van der Waals surface area contributed by atoms with Crippen LogP contribution in [-0.2, 0) is 10.0 Å². The number of sulfonamides is 1. The van der Waals surface area contributed by atoms with Crippen LogP contribution < -0.4 is 4.72 Å². The Hall–Kier alpha value is -1.44. The van der Waals surface area contributed by atoms with E-state index in [1.165, 1.54) is 18.2 Å². The fraction of sp³-hybridized carbons (Fsp3) is 0.417. The Kier molecular flexibility index (Phi) is 5.46. The summed E-state index contributed by atoms with van der Waals surface area (Å²) in [6, 6.07) is 4.84. The summed E-state index contributed by atoms with van der Waals surface area (Å²) in [5.41, 5.74) is -0.0779. The average Bonchev–Trinajstić information content (AvgIpc) is 2.36. The van der Waals surface area contributed by atoms with Gasteiger partial charge in [0.2, 0.25) is 10.0 Å². The number of hydrogen-bond donors (Lipinski definition) is 3. The number of carboxylic acid groups (broad SMARTS) is 1. The maximum atomic E-state index is 12.0. The lowest BCUT2D eigenvalue weighted by Gasteiger charge is -2.13. The first-order valence-corrected chi connectivity index (χ1v) is 7.31. The first kappa shape index (κ1) is 15.6. The van der Waals surface area contributed by atoms with E-state index in [0.29, 0.717) is 12.8 Å². The van der Waals surface area contributed by atoms with Crippen molar-refractivity contribution in [2.45, 2.75) is 30.7 Å². The van der Waals surface area contributed by atoms with Crippen LogP contribution in [0, 0.1) is 0 Å². The molecule has 0 aliphatic heterocycles. The van der Waals surface area contributed by atoms with Crippen LogP contribution in [0.4, 0.5) is 0 Å². The average molecular weight is 287 g/mol. The number of nitrogens with one attached hydrogen (secondary N) is 1. The summed E-state index contributed by atoms with van der Waals surface area (Å²) in [6.45, 7) is 1.69. The number of aliphatic hydroxyl groups is 1. The molecular weight excluding hydrogens is 270 g/mol. The SMILES string of the molecule is CC(CCCO)NS(=O)(=O)c1cccc(C(=O)O)c1. The molecule has 0 heterocycles. The lowest BCUT2D eigenvalue weighted by Crippen LogP contribution is -2.32. The Bertz CT molecular complexity index is 541. The first-order valence-electron chi connectivity index (χ1n) is 5.83. The second-order valence-electron chi connectivity index (χ2n) is 4.22. The van der Waals surface area contributed by atoms with E-state index in [-0.39, 0.29) is 23.1 Å². The largest absolute Gasteiger partial charge is 0.478 e. The van der Waals surface area contributed by atoms with Gasteiger partial charge >= 0.3 is 5.97 Å². The standard InChI is InChI=1S/C12H17NO5S/c1-9(4-3-7-14)13-19(17,18)11-6-2-5-10(8-11)12(15)16/h2,5-6,8-9,13-14H,3-4,7H2,1H3,(H,15,16). The molecule has 0 saturated heterocycles. The fourth-order valence-corrected chi connectivity index (χ4v) is 2.91. The molecule has 7 heteroatoms. The monoisotopic (exact) mass is 287 g/mol. The first-order chi connectivity index (χ1) is 8.86. The lowest BCUT2D eigenvalue weighted by atomic mass is 10.2. The van der Waals surface area contributed by atoms with Crippen LogP contribution in [0.5, 0.6) is 0 Å². The molecular formula is C12H17NO5S. The summed E-state index contributed by atoms with van der Waals surface area (Å²) >= 11 is 0. The van der Waals surface area contributed by atoms with E-state index >= 15 is 0 Å². The van der Waals surface area contributed by atoms with Crippen LogP contribution in [0.25, 0.3) is 0 Å². The van der Waals surface area contributed by atoms with Crippen LogP contribution in [0.15, 0.2) is 29.2 Å². The van der Waals surface area contributed by atoms with E-state index in [1.807, 2.05) is 0 Å². The van der Waals surface area contributed by atoms with Crippen molar-refractivity contribution in [2.24, 2.45) is 0 Å². The summed E-state index contributed by atoms with van der Waals surface area (Å²) in [5, 5.41) is 17.5. The quantitative estimate of drug-likeness (QED) is 0.689. The highest BCUT2D eigenvalue weighted by atomic mass is 32.2. The Balaban J connectivity index is 2.88. The van der Waals surface area contributed by atoms with Crippen molar-refractivity contribution < 1.29 is 23.4 Å². The zero-order chi connectivity index (χ0) is 14.5. The Morgan fingerprint density at radius 1 is 1.42 bits per heavy atom. The molecule has 0 amide bonds. The number of carbonyl (C=O) groups is 1. The summed E-state index contributed by atoms with van der Waals surface area (Å²) in [4.78, 5) is 10.7. The van der Waals surface area contributed by atoms with Crippen LogP contribution in [-0.4, -0.2) is 37.2 Å². The number of aliphatic hydroxyl groups excluding tert-OH is 1. The predicted molar refractivity (Wildman–Crippen MR) is 69.5 cm³/mol. The molecule has 106 valence electrons. The highest BCUT2D eigenvalue weighted by molar-refractivity contribution is 7.89. The van der Waals surface area contributed by atoms with E-state index < -0.39 is 16.0 Å². The molecule has 0 saturated carbocycles. The van der Waals surface area contributed by atoms with Crippen molar-refractivity contribution in [3.8, 4) is 0 Å². The minimum Gasteiger partial charge on any atom is -0.478 e. The van der Waals surface area contributed by atoms with E-state index in [9.17, 15) is 13.2 Å². The predicted octanol–water partition coefficient (Wildman–Crippen LogP) is 0.824. The zero-order valence-corrected chi connectivity index (χ0v) is 11.4. The van der Waals surface area contributed by atoms with Crippen molar-refractivity contribution in [3.05, 3.63) is 29.8 Å². The maximum absolute atomic E-state index is 12.0. The van der Waals surface area contributed by atoms with E-state index in [2.05, 4.69) is 4.72 Å². The number of hydrogen-bond acceptors (Lipinski definition) is 4. The second kappa shape index (κ2) is 6.65. The van der Waals surface area contributed by atoms with Gasteiger partial charge in [0.15, 0.2) is 0 Å². The van der Waals surface area contributed by atoms with Crippen molar-refractivity contribution in [3.63, 3.8) is 0 Å². The van der Waals surface area contributed by atoms with Gasteiger partial charge in [-0.25, -0.2) is 17.9 Å². The minimum atomic E-state index is -3.74. The van der Waals surface area contributed by atoms with Gasteiger partial charge in [-0.05, 0) is 38.0 Å². The minimum absolute atomic E-state index is 0.000562. The van der Waals surface area contributed by atoms with Crippen molar-refractivity contribution >= 4 is 16.0 Å². The molecule has 0 aliphatic rings. The molecule has 0 bridgehead atoms. The van der Waals surface area contributed by atoms with Crippen LogP contribution >= 0.6 is 0 Å². The van der Waals surface area contributed by atoms with Gasteiger partial charge in [0.25, 0.3) is 0 Å². The molecule has 0 aromatic heterocycles. The Morgan fingerprint density at radius 3 is 2.68 bits per heavy atom. The third kappa shape index (κ3) is 4.62. The highest BCUT2D eigenvalue weighted by Gasteiger charge is 2.18. The van der Waals surface area contributed by atoms with Crippen LogP contribution in [0.1, 0.15) is 30.1 Å². The maximum Gasteiger partial charge on any atom is 0.335 e. The van der Waals surface area contributed by atoms with E-state index in [1.54, 1.807) is 6.92 Å². The number of aromatic carboxylic acids is 1. The van der Waals surface area contributed by atoms with Gasteiger partial charge in [0, 0.05) is 12.6 Å². The third-order valence-electron chi connectivity index (χ3n) is 2.54. The third-order valence-corrected chi connectivity index (χ3v) is 4.13. The molecule has 6 nitrogen and oxygen atoms in total. The van der Waals surface area contributed by atoms with Gasteiger partial charge in [-0.1, -0.05) is 6.07 Å². The molecule has 1 rings (SSSR count). The van der Waals surface area contributed by atoms with Crippen LogP contribution in [0.3, 0.4) is 0 Å². The molecule has 1 atom stereocenters. The summed E-state index contributed by atoms with van der Waals surface area (Å²) in [6.07, 6.45) is 1.01. The van der Waals surface area contributed by atoms with E-state index in [0.717, 1.165) is 6.07 Å². The van der Waals surface area contributed by atoms with Gasteiger partial charge in [-0.15, -0.1) is 0 Å². The number of rotatable bonds is 7. The lowest BCUT2D eigenvalue weighted by molar-refractivity contribution is 0.0696. The summed E-state index contributed by atoms with van der Waals surface area (Å²) in [5.74, 6) is -1.18. The molecule has 1 aromatic carbocycles. The van der Waals surface area contributed by atoms with Crippen LogP contribution in [0.2, 0.25) is 0 Å². The Labute approximate surface area is 112 Å². The molecule has 1 unspecified atom stereocenters. The van der Waals surface area contributed by atoms with Gasteiger partial charge < -0.3 is 10.2 Å². The second-order valence-corrected chi connectivity index (χ2v) is 5.94. The van der Waals surface area contributed by atoms with Crippen molar-refractivity contribution in [2.75, 3.05) is 6.61 Å². The molecule has 0 fully saturated rings. The smallest absolute Gasteiger partial charge is 0.335 e. The highest BCUT2D eigenvalue weighted by Crippen LogP contribution is 2.13. The van der Waals surface area contributed by atoms with E-state index in [4.69, 9.17) is 10.2 Å². The summed E-state index contributed by atoms with van der Waals surface area (Å²) in [7, 11) is -3.74. The van der Waals surface area contributed by atoms with Gasteiger partial charge in [0.1, 0.15) is 0 Å². The molecule has 3 N–H and O–H groups in total. The molecule has 0 spiro atoms. The van der Waals surface area contributed by atoms with Gasteiger partial charge in [-0.3, -0.25) is 0 Å². The van der Waals surface area contributed by atoms with Gasteiger partial charge in [0.05, 0.1) is 10.5 Å².